The normalized spacial score (nSPS) is 14.7. The van der Waals surface area contributed by atoms with Crippen molar-refractivity contribution in [1.29, 1.82) is 0 Å². The standard InChI is InChI=1S/C24H26N2O3S/c1-16-5-7-18(8-6-16)24(22-4-3-13-30-22)25-15-23(27)26-17(2)19-9-10-20-21(14-19)29-12-11-28-20/h3-10,13-14,17,24-25H,11-12,15H2,1-2H3,(H,26,27)/p+1/t17-,24+/m1/s1. The van der Waals surface area contributed by atoms with Crippen molar-refractivity contribution < 1.29 is 19.6 Å². The average Bonchev–Trinajstić information content (AvgIpc) is 3.29. The molecular weight excluding hydrogens is 396 g/mol. The van der Waals surface area contributed by atoms with Crippen molar-refractivity contribution in [2.45, 2.75) is 25.9 Å². The number of nitrogens with two attached hydrogens (primary N) is 1. The van der Waals surface area contributed by atoms with Crippen molar-refractivity contribution in [1.82, 2.24) is 5.32 Å². The van der Waals surface area contributed by atoms with Crippen LogP contribution in [-0.2, 0) is 4.79 Å². The van der Waals surface area contributed by atoms with Crippen LogP contribution in [0, 0.1) is 6.92 Å². The number of quaternary nitrogens is 1. The Morgan fingerprint density at radius 1 is 1.07 bits per heavy atom. The van der Waals surface area contributed by atoms with E-state index < -0.39 is 0 Å². The van der Waals surface area contributed by atoms with Crippen LogP contribution >= 0.6 is 11.3 Å². The minimum atomic E-state index is -0.110. The fourth-order valence-corrected chi connectivity index (χ4v) is 4.45. The molecule has 3 N–H and O–H groups in total. The number of hydrogen-bond acceptors (Lipinski definition) is 4. The van der Waals surface area contributed by atoms with Crippen molar-refractivity contribution in [3.05, 3.63) is 81.5 Å². The lowest BCUT2D eigenvalue weighted by Gasteiger charge is -2.21. The third-order valence-electron chi connectivity index (χ3n) is 5.27. The summed E-state index contributed by atoms with van der Waals surface area (Å²) in [5, 5.41) is 7.28. The van der Waals surface area contributed by atoms with E-state index in [-0.39, 0.29) is 18.0 Å². The zero-order chi connectivity index (χ0) is 20.9. The number of carbonyl (C=O) groups excluding carboxylic acids is 1. The third kappa shape index (κ3) is 4.83. The lowest BCUT2D eigenvalue weighted by molar-refractivity contribution is -0.676. The minimum absolute atomic E-state index is 0.00561. The summed E-state index contributed by atoms with van der Waals surface area (Å²) in [6, 6.07) is 18.5. The molecule has 0 saturated carbocycles. The van der Waals surface area contributed by atoms with Crippen molar-refractivity contribution in [3.8, 4) is 11.5 Å². The molecule has 4 rings (SSSR count). The maximum Gasteiger partial charge on any atom is 0.275 e. The molecule has 0 fully saturated rings. The number of aryl methyl sites for hydroxylation is 1. The van der Waals surface area contributed by atoms with Gasteiger partial charge in [-0.2, -0.15) is 0 Å². The maximum atomic E-state index is 12.7. The SMILES string of the molecule is Cc1ccc([C@H]([NH2+]CC(=O)N[C@H](C)c2ccc3c(c2)OCCO3)c2cccs2)cc1. The van der Waals surface area contributed by atoms with E-state index in [1.165, 1.54) is 16.0 Å². The van der Waals surface area contributed by atoms with Crippen molar-refractivity contribution in [2.24, 2.45) is 0 Å². The topological polar surface area (TPSA) is 64.2 Å². The highest BCUT2D eigenvalue weighted by Gasteiger charge is 2.21. The third-order valence-corrected chi connectivity index (χ3v) is 6.22. The van der Waals surface area contributed by atoms with Crippen LogP contribution in [0.1, 0.15) is 40.6 Å². The Morgan fingerprint density at radius 3 is 2.53 bits per heavy atom. The summed E-state index contributed by atoms with van der Waals surface area (Å²) in [4.78, 5) is 13.9. The fourth-order valence-electron chi connectivity index (χ4n) is 3.60. The first-order valence-corrected chi connectivity index (χ1v) is 11.1. The van der Waals surface area contributed by atoms with Gasteiger partial charge in [0, 0.05) is 5.56 Å². The van der Waals surface area contributed by atoms with Gasteiger partial charge in [-0.15, -0.1) is 11.3 Å². The second-order valence-electron chi connectivity index (χ2n) is 7.54. The molecule has 1 aromatic heterocycles. The average molecular weight is 424 g/mol. The Balaban J connectivity index is 1.39. The number of fused-ring (bicyclic) bond motifs is 1. The van der Waals surface area contributed by atoms with Gasteiger partial charge in [-0.05, 0) is 43.0 Å². The highest BCUT2D eigenvalue weighted by Crippen LogP contribution is 2.32. The molecule has 2 aromatic carbocycles. The van der Waals surface area contributed by atoms with Crippen LogP contribution in [0.3, 0.4) is 0 Å². The summed E-state index contributed by atoms with van der Waals surface area (Å²) in [6.45, 7) is 5.54. The molecule has 1 aliphatic rings. The van der Waals surface area contributed by atoms with Crippen molar-refractivity contribution in [3.63, 3.8) is 0 Å². The summed E-state index contributed by atoms with van der Waals surface area (Å²) in [7, 11) is 0. The molecule has 0 unspecified atom stereocenters. The lowest BCUT2D eigenvalue weighted by atomic mass is 10.0. The minimum Gasteiger partial charge on any atom is -0.486 e. The Kier molecular flexibility index (Phi) is 6.35. The maximum absolute atomic E-state index is 12.7. The smallest absolute Gasteiger partial charge is 0.275 e. The van der Waals surface area contributed by atoms with Crippen molar-refractivity contribution >= 4 is 17.2 Å². The molecular formula is C24H27N2O3S+. The molecule has 2 heterocycles. The van der Waals surface area contributed by atoms with Crippen LogP contribution in [0.25, 0.3) is 0 Å². The van der Waals surface area contributed by atoms with Crippen LogP contribution in [0.5, 0.6) is 11.5 Å². The molecule has 0 spiro atoms. The monoisotopic (exact) mass is 423 g/mol. The highest BCUT2D eigenvalue weighted by atomic mass is 32.1. The Hall–Kier alpha value is -2.83. The molecule has 156 valence electrons. The second kappa shape index (κ2) is 9.32. The lowest BCUT2D eigenvalue weighted by Crippen LogP contribution is -2.87. The Labute approximate surface area is 181 Å². The molecule has 0 aliphatic carbocycles. The summed E-state index contributed by atoms with van der Waals surface area (Å²) >= 11 is 1.72. The van der Waals surface area contributed by atoms with Gasteiger partial charge in [-0.3, -0.25) is 4.79 Å². The number of nitrogens with one attached hydrogen (secondary N) is 1. The Bertz CT molecular complexity index is 986. The first-order chi connectivity index (χ1) is 14.6. The summed E-state index contributed by atoms with van der Waals surface area (Å²) in [6.07, 6.45) is 0. The van der Waals surface area contributed by atoms with Gasteiger partial charge in [0.15, 0.2) is 18.0 Å². The fraction of sp³-hybridized carbons (Fsp3) is 0.292. The van der Waals surface area contributed by atoms with E-state index in [9.17, 15) is 4.79 Å². The first kappa shape index (κ1) is 20.4. The molecule has 0 saturated heterocycles. The quantitative estimate of drug-likeness (QED) is 0.613. The van der Waals surface area contributed by atoms with Crippen LogP contribution in [0.4, 0.5) is 0 Å². The van der Waals surface area contributed by atoms with Gasteiger partial charge in [-0.25, -0.2) is 0 Å². The van der Waals surface area contributed by atoms with E-state index in [1.807, 2.05) is 25.1 Å². The van der Waals surface area contributed by atoms with Gasteiger partial charge < -0.3 is 20.1 Å². The molecule has 2 atom stereocenters. The number of rotatable bonds is 7. The van der Waals surface area contributed by atoms with Gasteiger partial charge in [0.05, 0.1) is 10.9 Å². The van der Waals surface area contributed by atoms with Crippen LogP contribution in [-0.4, -0.2) is 25.7 Å². The van der Waals surface area contributed by atoms with Gasteiger partial charge in [0.1, 0.15) is 19.3 Å². The van der Waals surface area contributed by atoms with E-state index in [4.69, 9.17) is 9.47 Å². The van der Waals surface area contributed by atoms with Gasteiger partial charge in [0.25, 0.3) is 5.91 Å². The predicted octanol–water partition coefficient (Wildman–Crippen LogP) is 3.36. The molecule has 1 aliphatic heterocycles. The van der Waals surface area contributed by atoms with Gasteiger partial charge in [-0.1, -0.05) is 42.0 Å². The van der Waals surface area contributed by atoms with Crippen LogP contribution in [0.2, 0.25) is 0 Å². The van der Waals surface area contributed by atoms with E-state index >= 15 is 0 Å². The van der Waals surface area contributed by atoms with Crippen LogP contribution in [0.15, 0.2) is 60.0 Å². The molecule has 3 aromatic rings. The van der Waals surface area contributed by atoms with Crippen molar-refractivity contribution in [2.75, 3.05) is 19.8 Å². The molecule has 1 amide bonds. The number of carbonyl (C=O) groups is 1. The molecule has 0 bridgehead atoms. The molecule has 30 heavy (non-hydrogen) atoms. The van der Waals surface area contributed by atoms with E-state index in [2.05, 4.69) is 59.3 Å². The van der Waals surface area contributed by atoms with Gasteiger partial charge >= 0.3 is 0 Å². The van der Waals surface area contributed by atoms with E-state index in [0.717, 1.165) is 17.1 Å². The highest BCUT2D eigenvalue weighted by molar-refractivity contribution is 7.10. The second-order valence-corrected chi connectivity index (χ2v) is 8.52. The summed E-state index contributed by atoms with van der Waals surface area (Å²) in [5.74, 6) is 1.50. The molecule has 5 nitrogen and oxygen atoms in total. The summed E-state index contributed by atoms with van der Waals surface area (Å²) < 4.78 is 11.2. The number of thiophene rings is 1. The molecule has 6 heteroatoms. The zero-order valence-corrected chi connectivity index (χ0v) is 18.1. The number of ether oxygens (including phenoxy) is 2. The predicted molar refractivity (Wildman–Crippen MR) is 118 cm³/mol. The number of amides is 1. The van der Waals surface area contributed by atoms with E-state index in [0.29, 0.717) is 19.8 Å². The van der Waals surface area contributed by atoms with Crippen LogP contribution < -0.4 is 20.1 Å². The largest absolute Gasteiger partial charge is 0.486 e. The summed E-state index contributed by atoms with van der Waals surface area (Å²) in [5.41, 5.74) is 3.44. The molecule has 0 radical (unpaired) electrons. The van der Waals surface area contributed by atoms with Gasteiger partial charge in [0.2, 0.25) is 0 Å². The van der Waals surface area contributed by atoms with E-state index in [1.54, 1.807) is 11.3 Å². The Morgan fingerprint density at radius 2 is 1.80 bits per heavy atom. The zero-order valence-electron chi connectivity index (χ0n) is 17.3. The number of hydrogen-bond donors (Lipinski definition) is 2. The number of benzene rings is 2. The first-order valence-electron chi connectivity index (χ1n) is 10.2.